The van der Waals surface area contributed by atoms with Crippen LogP contribution in [0.25, 0.3) is 0 Å². The Labute approximate surface area is 167 Å². The Kier molecular flexibility index (Phi) is 6.86. The molecule has 1 fully saturated rings. The molecule has 0 bridgehead atoms. The van der Waals surface area contributed by atoms with E-state index in [1.54, 1.807) is 4.90 Å². The van der Waals surface area contributed by atoms with Crippen LogP contribution in [0.3, 0.4) is 0 Å². The molecule has 1 heterocycles. The molecule has 0 unspecified atom stereocenters. The van der Waals surface area contributed by atoms with Gasteiger partial charge in [-0.2, -0.15) is 0 Å². The number of aryl methyl sites for hydroxylation is 3. The van der Waals surface area contributed by atoms with Gasteiger partial charge in [0.25, 0.3) is 0 Å². The lowest BCUT2D eigenvalue weighted by Gasteiger charge is -2.32. The number of carbonyl (C=O) groups is 3. The average Bonchev–Trinajstić information content (AvgIpc) is 2.61. The van der Waals surface area contributed by atoms with Crippen molar-refractivity contribution in [3.8, 4) is 0 Å². The van der Waals surface area contributed by atoms with Gasteiger partial charge < -0.3 is 14.4 Å². The molecule has 0 spiro atoms. The number of piperidine rings is 1. The van der Waals surface area contributed by atoms with Crippen molar-refractivity contribution in [3.63, 3.8) is 0 Å². The number of Topliss-reactive ketones (excluding diaryl/α,β-unsaturated/α-hetero) is 1. The zero-order chi connectivity index (χ0) is 21.1. The fourth-order valence-corrected chi connectivity index (χ4v) is 3.22. The lowest BCUT2D eigenvalue weighted by molar-refractivity contribution is -0.149. The molecule has 2 rings (SSSR count). The second kappa shape index (κ2) is 8.76. The van der Waals surface area contributed by atoms with E-state index in [1.807, 2.05) is 53.7 Å². The summed E-state index contributed by atoms with van der Waals surface area (Å²) in [6.07, 6.45) is 0.656. The Bertz CT molecular complexity index is 755. The van der Waals surface area contributed by atoms with E-state index >= 15 is 0 Å². The molecule has 1 aromatic rings. The monoisotopic (exact) mass is 389 g/mol. The molecule has 1 aliphatic rings. The normalized spacial score (nSPS) is 15.3. The summed E-state index contributed by atoms with van der Waals surface area (Å²) < 4.78 is 10.6. The minimum atomic E-state index is -0.542. The number of hydrogen-bond acceptors (Lipinski definition) is 5. The van der Waals surface area contributed by atoms with Crippen LogP contribution in [0.5, 0.6) is 0 Å². The average molecular weight is 389 g/mol. The molecule has 1 saturated heterocycles. The number of ketones is 1. The molecule has 0 aromatic heterocycles. The molecule has 6 heteroatoms. The first kappa shape index (κ1) is 21.9. The first-order valence-corrected chi connectivity index (χ1v) is 9.73. The van der Waals surface area contributed by atoms with Gasteiger partial charge in [-0.1, -0.05) is 6.07 Å². The number of amides is 1. The van der Waals surface area contributed by atoms with Crippen molar-refractivity contribution in [2.45, 2.75) is 60.0 Å². The molecule has 1 amide bonds. The molecule has 0 aliphatic carbocycles. The number of rotatable bonds is 4. The van der Waals surface area contributed by atoms with Crippen molar-refractivity contribution in [1.29, 1.82) is 0 Å². The number of likely N-dealkylation sites (tertiary alicyclic amines) is 1. The van der Waals surface area contributed by atoms with E-state index < -0.39 is 5.60 Å². The van der Waals surface area contributed by atoms with Gasteiger partial charge in [-0.3, -0.25) is 9.59 Å². The first-order chi connectivity index (χ1) is 13.0. The Hall–Kier alpha value is -2.37. The van der Waals surface area contributed by atoms with Crippen LogP contribution in [0.15, 0.2) is 12.1 Å². The summed E-state index contributed by atoms with van der Waals surface area (Å²) in [7, 11) is 0. The number of carbonyl (C=O) groups excluding carboxylic acids is 3. The molecule has 0 saturated carbocycles. The Morgan fingerprint density at radius 2 is 1.57 bits per heavy atom. The zero-order valence-electron chi connectivity index (χ0n) is 17.8. The maximum atomic E-state index is 12.4. The van der Waals surface area contributed by atoms with Crippen molar-refractivity contribution in [2.75, 3.05) is 19.7 Å². The van der Waals surface area contributed by atoms with E-state index in [-0.39, 0.29) is 30.4 Å². The predicted molar refractivity (Wildman–Crippen MR) is 106 cm³/mol. The number of hydrogen-bond donors (Lipinski definition) is 0. The molecule has 1 aliphatic heterocycles. The van der Waals surface area contributed by atoms with Gasteiger partial charge in [-0.25, -0.2) is 4.79 Å². The fraction of sp³-hybridized carbons (Fsp3) is 0.591. The number of nitrogens with zero attached hydrogens (tertiary/aromatic N) is 1. The molecule has 1 aromatic carbocycles. The Morgan fingerprint density at radius 3 is 2.14 bits per heavy atom. The molecule has 154 valence electrons. The van der Waals surface area contributed by atoms with Gasteiger partial charge in [-0.05, 0) is 77.1 Å². The van der Waals surface area contributed by atoms with Crippen molar-refractivity contribution in [2.24, 2.45) is 5.92 Å². The topological polar surface area (TPSA) is 72.9 Å². The van der Waals surface area contributed by atoms with Crippen molar-refractivity contribution < 1.29 is 23.9 Å². The quantitative estimate of drug-likeness (QED) is 0.575. The molecule has 6 nitrogen and oxygen atoms in total. The maximum Gasteiger partial charge on any atom is 0.410 e. The second-order valence-corrected chi connectivity index (χ2v) is 8.52. The number of ether oxygens (including phenoxy) is 2. The molecular formula is C22H31NO5. The smallest absolute Gasteiger partial charge is 0.410 e. The summed E-state index contributed by atoms with van der Waals surface area (Å²) in [5, 5.41) is 0. The SMILES string of the molecule is Cc1cc(C)c(C(=O)COC(=O)C2CCN(C(=O)OC(C)(C)C)CC2)cc1C. The molecule has 0 N–H and O–H groups in total. The largest absolute Gasteiger partial charge is 0.457 e. The van der Waals surface area contributed by atoms with Gasteiger partial charge in [-0.15, -0.1) is 0 Å². The van der Waals surface area contributed by atoms with Crippen LogP contribution >= 0.6 is 0 Å². The van der Waals surface area contributed by atoms with Crippen LogP contribution in [0.1, 0.15) is 60.7 Å². The Balaban J connectivity index is 1.84. The highest BCUT2D eigenvalue weighted by Crippen LogP contribution is 2.21. The summed E-state index contributed by atoms with van der Waals surface area (Å²) in [6.45, 7) is 11.9. The summed E-state index contributed by atoms with van der Waals surface area (Å²) in [5.74, 6) is -0.869. The van der Waals surface area contributed by atoms with E-state index in [1.165, 1.54) is 0 Å². The third-order valence-corrected chi connectivity index (χ3v) is 4.97. The fourth-order valence-electron chi connectivity index (χ4n) is 3.22. The van der Waals surface area contributed by atoms with Crippen LogP contribution < -0.4 is 0 Å². The van der Waals surface area contributed by atoms with Gasteiger partial charge in [0.15, 0.2) is 6.61 Å². The van der Waals surface area contributed by atoms with Crippen molar-refractivity contribution in [1.82, 2.24) is 4.90 Å². The van der Waals surface area contributed by atoms with Crippen LogP contribution in [-0.2, 0) is 14.3 Å². The van der Waals surface area contributed by atoms with Gasteiger partial charge in [0.1, 0.15) is 5.60 Å². The summed E-state index contributed by atoms with van der Waals surface area (Å²) in [6, 6.07) is 3.82. The highest BCUT2D eigenvalue weighted by Gasteiger charge is 2.31. The number of esters is 1. The van der Waals surface area contributed by atoms with E-state index in [9.17, 15) is 14.4 Å². The molecule has 28 heavy (non-hydrogen) atoms. The first-order valence-electron chi connectivity index (χ1n) is 9.73. The van der Waals surface area contributed by atoms with Crippen LogP contribution in [0.4, 0.5) is 4.79 Å². The van der Waals surface area contributed by atoms with E-state index in [0.29, 0.717) is 31.5 Å². The third kappa shape index (κ3) is 5.81. The summed E-state index contributed by atoms with van der Waals surface area (Å²) in [4.78, 5) is 38.5. The maximum absolute atomic E-state index is 12.4. The van der Waals surface area contributed by atoms with Crippen molar-refractivity contribution >= 4 is 17.8 Å². The van der Waals surface area contributed by atoms with Crippen molar-refractivity contribution in [3.05, 3.63) is 34.4 Å². The highest BCUT2D eigenvalue weighted by molar-refractivity contribution is 5.99. The minimum Gasteiger partial charge on any atom is -0.457 e. The van der Waals surface area contributed by atoms with Crippen LogP contribution in [0, 0.1) is 26.7 Å². The highest BCUT2D eigenvalue weighted by atomic mass is 16.6. The minimum absolute atomic E-state index is 0.194. The lowest BCUT2D eigenvalue weighted by atomic mass is 9.97. The van der Waals surface area contributed by atoms with Gasteiger partial charge in [0.05, 0.1) is 5.92 Å². The zero-order valence-corrected chi connectivity index (χ0v) is 17.8. The predicted octanol–water partition coefficient (Wildman–Crippen LogP) is 3.98. The van der Waals surface area contributed by atoms with Gasteiger partial charge in [0, 0.05) is 18.7 Å². The van der Waals surface area contributed by atoms with E-state index in [4.69, 9.17) is 9.47 Å². The Morgan fingerprint density at radius 1 is 1.00 bits per heavy atom. The summed E-state index contributed by atoms with van der Waals surface area (Å²) in [5.41, 5.74) is 3.10. The van der Waals surface area contributed by atoms with Crippen LogP contribution in [0.2, 0.25) is 0 Å². The summed E-state index contributed by atoms with van der Waals surface area (Å²) >= 11 is 0. The van der Waals surface area contributed by atoms with E-state index in [0.717, 1.165) is 16.7 Å². The standard InChI is InChI=1S/C22H31NO5/c1-14-11-16(3)18(12-15(14)2)19(24)13-27-20(25)17-7-9-23(10-8-17)21(26)28-22(4,5)6/h11-12,17H,7-10,13H2,1-6H3. The lowest BCUT2D eigenvalue weighted by Crippen LogP contribution is -2.43. The van der Waals surface area contributed by atoms with E-state index in [2.05, 4.69) is 0 Å². The number of benzene rings is 1. The molecule has 0 radical (unpaired) electrons. The molecule has 0 atom stereocenters. The van der Waals surface area contributed by atoms with Gasteiger partial charge in [0.2, 0.25) is 5.78 Å². The second-order valence-electron chi connectivity index (χ2n) is 8.52. The molecular weight excluding hydrogens is 358 g/mol. The van der Waals surface area contributed by atoms with Gasteiger partial charge >= 0.3 is 12.1 Å². The van der Waals surface area contributed by atoms with Crippen LogP contribution in [-0.4, -0.2) is 48.0 Å². The third-order valence-electron chi connectivity index (χ3n) is 4.97.